The third-order valence-corrected chi connectivity index (χ3v) is 2.49. The summed E-state index contributed by atoms with van der Waals surface area (Å²) in [5, 5.41) is 0. The second-order valence-corrected chi connectivity index (χ2v) is 3.57. The van der Waals surface area contributed by atoms with Gasteiger partial charge in [-0.1, -0.05) is 31.2 Å². The predicted molar refractivity (Wildman–Crippen MR) is 51.3 cm³/mol. The number of nitrogens with zero attached hydrogens (tertiary/aromatic N) is 1. The molecule has 1 heteroatoms. The van der Waals surface area contributed by atoms with Crippen LogP contribution in [0.5, 0.6) is 0 Å². The number of hydrogen-bond donors (Lipinski definition) is 0. The van der Waals surface area contributed by atoms with Gasteiger partial charge in [0.25, 0.3) is 0 Å². The summed E-state index contributed by atoms with van der Waals surface area (Å²) in [5.74, 6) is 1.22. The van der Waals surface area contributed by atoms with E-state index in [4.69, 9.17) is 0 Å². The van der Waals surface area contributed by atoms with Crippen molar-refractivity contribution < 1.29 is 4.58 Å². The lowest BCUT2D eigenvalue weighted by Crippen LogP contribution is -2.23. The smallest absolute Gasteiger partial charge is 0.172 e. The molecule has 0 saturated heterocycles. The van der Waals surface area contributed by atoms with Crippen molar-refractivity contribution in [1.82, 2.24) is 0 Å². The molecular formula is C11H14N+. The van der Waals surface area contributed by atoms with E-state index in [0.717, 1.165) is 0 Å². The Kier molecular flexibility index (Phi) is 1.72. The average Bonchev–Trinajstić information content (AvgIpc) is 2.04. The van der Waals surface area contributed by atoms with Gasteiger partial charge in [0.15, 0.2) is 6.20 Å². The van der Waals surface area contributed by atoms with Crippen LogP contribution in [-0.2, 0) is 0 Å². The van der Waals surface area contributed by atoms with Gasteiger partial charge in [-0.15, -0.1) is 0 Å². The standard InChI is InChI=1S/C11H14N/c1-9-7-12(2)8-10-5-3-4-6-11(9)10/h3-9,11H,1-2H3/q+1. The fourth-order valence-corrected chi connectivity index (χ4v) is 1.92. The van der Waals surface area contributed by atoms with Gasteiger partial charge in [0.1, 0.15) is 13.3 Å². The van der Waals surface area contributed by atoms with Crippen LogP contribution in [0.25, 0.3) is 0 Å². The number of rotatable bonds is 0. The molecule has 1 aliphatic carbocycles. The molecule has 62 valence electrons. The van der Waals surface area contributed by atoms with E-state index >= 15 is 0 Å². The molecule has 2 unspecified atom stereocenters. The average molecular weight is 160 g/mol. The minimum Gasteiger partial charge on any atom is -0.211 e. The normalized spacial score (nSPS) is 32.5. The Hall–Kier alpha value is -1.11. The Balaban J connectivity index is 2.38. The summed E-state index contributed by atoms with van der Waals surface area (Å²) in [4.78, 5) is 0. The number of hydrogen-bond acceptors (Lipinski definition) is 0. The van der Waals surface area contributed by atoms with Crippen LogP contribution in [0.2, 0.25) is 0 Å². The summed E-state index contributed by atoms with van der Waals surface area (Å²) in [6.45, 7) is 2.26. The van der Waals surface area contributed by atoms with Crippen molar-refractivity contribution in [2.24, 2.45) is 11.8 Å². The first-order chi connectivity index (χ1) is 5.77. The molecule has 0 bridgehead atoms. The molecule has 0 N–H and O–H groups in total. The van der Waals surface area contributed by atoms with Crippen LogP contribution in [0.3, 0.4) is 0 Å². The number of fused-ring (bicyclic) bond motifs is 1. The van der Waals surface area contributed by atoms with Gasteiger partial charge in [-0.2, -0.15) is 0 Å². The van der Waals surface area contributed by atoms with E-state index in [-0.39, 0.29) is 0 Å². The van der Waals surface area contributed by atoms with Crippen molar-refractivity contribution in [3.05, 3.63) is 36.1 Å². The van der Waals surface area contributed by atoms with Crippen molar-refractivity contribution in [1.29, 1.82) is 0 Å². The van der Waals surface area contributed by atoms with E-state index in [1.807, 2.05) is 0 Å². The fraction of sp³-hybridized carbons (Fsp3) is 0.364. The zero-order chi connectivity index (χ0) is 8.55. The van der Waals surface area contributed by atoms with Crippen LogP contribution >= 0.6 is 0 Å². The molecule has 2 rings (SSSR count). The summed E-state index contributed by atoms with van der Waals surface area (Å²) in [6.07, 6.45) is 13.2. The second-order valence-electron chi connectivity index (χ2n) is 3.57. The highest BCUT2D eigenvalue weighted by Crippen LogP contribution is 2.27. The Morgan fingerprint density at radius 2 is 2.17 bits per heavy atom. The maximum absolute atomic E-state index is 2.28. The minimum absolute atomic E-state index is 0.603. The van der Waals surface area contributed by atoms with E-state index in [0.29, 0.717) is 11.8 Å². The molecule has 2 atom stereocenters. The highest BCUT2D eigenvalue weighted by atomic mass is 14.9. The van der Waals surface area contributed by atoms with E-state index < -0.39 is 0 Å². The molecule has 0 amide bonds. The van der Waals surface area contributed by atoms with Crippen LogP contribution in [-0.4, -0.2) is 17.8 Å². The van der Waals surface area contributed by atoms with Gasteiger partial charge in [-0.25, -0.2) is 4.58 Å². The minimum atomic E-state index is 0.603. The lowest BCUT2D eigenvalue weighted by Gasteiger charge is -2.21. The monoisotopic (exact) mass is 160 g/mol. The molecule has 1 heterocycles. The molecule has 1 nitrogen and oxygen atoms in total. The first kappa shape index (κ1) is 7.53. The fourth-order valence-electron chi connectivity index (χ4n) is 1.92. The Morgan fingerprint density at radius 1 is 1.33 bits per heavy atom. The molecule has 0 aromatic carbocycles. The van der Waals surface area contributed by atoms with E-state index in [9.17, 15) is 0 Å². The van der Waals surface area contributed by atoms with E-state index in [2.05, 4.69) is 55.3 Å². The van der Waals surface area contributed by atoms with Crippen LogP contribution in [0.15, 0.2) is 36.1 Å². The molecule has 1 aliphatic heterocycles. The zero-order valence-corrected chi connectivity index (χ0v) is 7.57. The van der Waals surface area contributed by atoms with Crippen molar-refractivity contribution in [2.75, 3.05) is 7.05 Å². The quantitative estimate of drug-likeness (QED) is 0.477. The van der Waals surface area contributed by atoms with Gasteiger partial charge in [0.05, 0.1) is 0 Å². The van der Waals surface area contributed by atoms with Crippen LogP contribution in [0, 0.1) is 11.8 Å². The summed E-state index contributed by atoms with van der Waals surface area (Å²) < 4.78 is 2.15. The molecule has 2 aliphatic rings. The first-order valence-electron chi connectivity index (χ1n) is 4.41. The zero-order valence-electron chi connectivity index (χ0n) is 7.57. The lowest BCUT2D eigenvalue weighted by molar-refractivity contribution is -0.423. The maximum Gasteiger partial charge on any atom is 0.172 e. The van der Waals surface area contributed by atoms with Gasteiger partial charge in [0, 0.05) is 17.4 Å². The topological polar surface area (TPSA) is 3.01 Å². The van der Waals surface area contributed by atoms with Crippen LogP contribution in [0.4, 0.5) is 0 Å². The highest BCUT2D eigenvalue weighted by molar-refractivity contribution is 5.60. The summed E-state index contributed by atoms with van der Waals surface area (Å²) in [7, 11) is 2.09. The second kappa shape index (κ2) is 2.74. The molecule has 0 aromatic heterocycles. The number of allylic oxidation sites excluding steroid dienone is 5. The summed E-state index contributed by atoms with van der Waals surface area (Å²) in [6, 6.07) is 0. The van der Waals surface area contributed by atoms with E-state index in [1.54, 1.807) is 0 Å². The largest absolute Gasteiger partial charge is 0.211 e. The van der Waals surface area contributed by atoms with Gasteiger partial charge in [0.2, 0.25) is 0 Å². The van der Waals surface area contributed by atoms with E-state index in [1.165, 1.54) is 5.57 Å². The molecular weight excluding hydrogens is 146 g/mol. The van der Waals surface area contributed by atoms with Crippen molar-refractivity contribution in [2.45, 2.75) is 6.92 Å². The maximum atomic E-state index is 2.28. The van der Waals surface area contributed by atoms with Crippen molar-refractivity contribution in [3.8, 4) is 0 Å². The van der Waals surface area contributed by atoms with Crippen molar-refractivity contribution >= 4 is 6.21 Å². The lowest BCUT2D eigenvalue weighted by atomic mass is 9.84. The summed E-state index contributed by atoms with van der Waals surface area (Å²) in [5.41, 5.74) is 1.43. The predicted octanol–water partition coefficient (Wildman–Crippen LogP) is 1.98. The first-order valence-corrected chi connectivity index (χ1v) is 4.41. The molecule has 0 aromatic rings. The Bertz CT molecular complexity index is 305. The van der Waals surface area contributed by atoms with Crippen LogP contribution < -0.4 is 0 Å². The molecule has 0 spiro atoms. The molecule has 12 heavy (non-hydrogen) atoms. The third kappa shape index (κ3) is 1.15. The van der Waals surface area contributed by atoms with Crippen LogP contribution in [0.1, 0.15) is 6.92 Å². The van der Waals surface area contributed by atoms with Gasteiger partial charge < -0.3 is 0 Å². The Labute approximate surface area is 73.4 Å². The van der Waals surface area contributed by atoms with Gasteiger partial charge >= 0.3 is 0 Å². The molecule has 0 fully saturated rings. The Morgan fingerprint density at radius 3 is 3.00 bits per heavy atom. The molecule has 0 saturated carbocycles. The van der Waals surface area contributed by atoms with Gasteiger partial charge in [-0.3, -0.25) is 0 Å². The molecule has 0 radical (unpaired) electrons. The van der Waals surface area contributed by atoms with Crippen molar-refractivity contribution in [3.63, 3.8) is 0 Å². The SMILES string of the molecule is CC1C=[N+](C)C=C2C=CC=CC21. The van der Waals surface area contributed by atoms with Gasteiger partial charge in [-0.05, 0) is 0 Å². The highest BCUT2D eigenvalue weighted by Gasteiger charge is 2.25. The summed E-state index contributed by atoms with van der Waals surface area (Å²) >= 11 is 0. The third-order valence-electron chi connectivity index (χ3n) is 2.49.